The van der Waals surface area contributed by atoms with E-state index in [4.69, 9.17) is 4.74 Å². The van der Waals surface area contributed by atoms with Crippen LogP contribution < -0.4 is 5.32 Å². The summed E-state index contributed by atoms with van der Waals surface area (Å²) in [5.41, 5.74) is 0.332. The molecule has 0 bridgehead atoms. The maximum Gasteiger partial charge on any atom is 0.309 e. The van der Waals surface area contributed by atoms with Crippen molar-refractivity contribution in [3.05, 3.63) is 29.8 Å². The van der Waals surface area contributed by atoms with Gasteiger partial charge in [0, 0.05) is 24.7 Å². The Morgan fingerprint density at radius 3 is 2.31 bits per heavy atom. The molecule has 2 rings (SSSR count). The number of rotatable bonds is 7. The summed E-state index contributed by atoms with van der Waals surface area (Å²) in [7, 11) is -3.75. The molecule has 0 aromatic heterocycles. The van der Waals surface area contributed by atoms with E-state index in [1.807, 2.05) is 13.8 Å². The Morgan fingerprint density at radius 2 is 1.76 bits per heavy atom. The van der Waals surface area contributed by atoms with Crippen molar-refractivity contribution in [3.63, 3.8) is 0 Å². The number of carbonyl (C=O) groups is 3. The van der Waals surface area contributed by atoms with Gasteiger partial charge in [-0.1, -0.05) is 12.1 Å². The van der Waals surface area contributed by atoms with Gasteiger partial charge in [0.15, 0.2) is 11.9 Å². The van der Waals surface area contributed by atoms with Gasteiger partial charge in [0.2, 0.25) is 10.0 Å². The second-order valence-corrected chi connectivity index (χ2v) is 9.44. The lowest BCUT2D eigenvalue weighted by Gasteiger charge is -2.30. The predicted octanol–water partition coefficient (Wildman–Crippen LogP) is 1.75. The van der Waals surface area contributed by atoms with Crippen LogP contribution in [0.3, 0.4) is 0 Å². The van der Waals surface area contributed by atoms with Crippen molar-refractivity contribution in [3.8, 4) is 0 Å². The number of hydrogen-bond acceptors (Lipinski definition) is 6. The third-order valence-corrected chi connectivity index (χ3v) is 6.65. The van der Waals surface area contributed by atoms with Crippen LogP contribution in [0.4, 0.5) is 0 Å². The molecule has 160 valence electrons. The lowest BCUT2D eigenvalue weighted by atomic mass is 9.98. The van der Waals surface area contributed by atoms with Crippen molar-refractivity contribution in [2.45, 2.75) is 57.6 Å². The summed E-state index contributed by atoms with van der Waals surface area (Å²) >= 11 is 0. The molecule has 0 aliphatic carbocycles. The van der Waals surface area contributed by atoms with Gasteiger partial charge >= 0.3 is 5.97 Å². The number of hydrogen-bond donors (Lipinski definition) is 1. The van der Waals surface area contributed by atoms with Crippen LogP contribution in [0.2, 0.25) is 0 Å². The Kier molecular flexibility index (Phi) is 7.54. The third kappa shape index (κ3) is 5.86. The number of piperidine rings is 1. The largest absolute Gasteiger partial charge is 0.452 e. The monoisotopic (exact) mass is 424 g/mol. The molecule has 29 heavy (non-hydrogen) atoms. The normalized spacial score (nSPS) is 17.0. The van der Waals surface area contributed by atoms with E-state index in [1.165, 1.54) is 36.4 Å². The number of sulfonamides is 1. The number of benzene rings is 1. The molecule has 1 aliphatic heterocycles. The fourth-order valence-corrected chi connectivity index (χ4v) is 4.60. The smallest absolute Gasteiger partial charge is 0.309 e. The van der Waals surface area contributed by atoms with Crippen LogP contribution >= 0.6 is 0 Å². The fraction of sp³-hybridized carbons (Fsp3) is 0.550. The number of nitrogens with zero attached hydrogens (tertiary/aromatic N) is 1. The molecule has 1 amide bonds. The Balaban J connectivity index is 1.97. The second-order valence-electron chi connectivity index (χ2n) is 7.50. The van der Waals surface area contributed by atoms with E-state index in [9.17, 15) is 22.8 Å². The Morgan fingerprint density at radius 1 is 1.14 bits per heavy atom. The van der Waals surface area contributed by atoms with E-state index in [-0.39, 0.29) is 35.7 Å². The third-order valence-electron chi connectivity index (χ3n) is 4.76. The Labute approximate surface area is 171 Å². The standard InChI is InChI=1S/C20H28N2O6S/c1-13(2)21-19(24)15(4)28-20(25)16-8-10-22(11-9-16)29(26,27)18-7-5-6-17(12-18)14(3)23/h5-7,12-13,15-16H,8-11H2,1-4H3,(H,21,24)/t15-/m0/s1. The minimum atomic E-state index is -3.75. The molecule has 1 N–H and O–H groups in total. The van der Waals surface area contributed by atoms with Crippen LogP contribution in [-0.2, 0) is 24.3 Å². The van der Waals surface area contributed by atoms with E-state index < -0.39 is 28.0 Å². The van der Waals surface area contributed by atoms with Crippen molar-refractivity contribution in [2.24, 2.45) is 5.92 Å². The summed E-state index contributed by atoms with van der Waals surface area (Å²) in [5.74, 6) is -1.52. The molecule has 1 aromatic carbocycles. The summed E-state index contributed by atoms with van der Waals surface area (Å²) in [6.07, 6.45) is -0.285. The number of esters is 1. The highest BCUT2D eigenvalue weighted by atomic mass is 32.2. The molecule has 0 saturated carbocycles. The summed E-state index contributed by atoms with van der Waals surface area (Å²) < 4.78 is 32.3. The Bertz CT molecular complexity index is 873. The van der Waals surface area contributed by atoms with E-state index >= 15 is 0 Å². The second kappa shape index (κ2) is 9.49. The molecule has 1 heterocycles. The molecule has 0 radical (unpaired) electrons. The highest BCUT2D eigenvalue weighted by Crippen LogP contribution is 2.25. The highest BCUT2D eigenvalue weighted by Gasteiger charge is 2.34. The summed E-state index contributed by atoms with van der Waals surface area (Å²) in [6, 6.07) is 5.88. The first-order valence-electron chi connectivity index (χ1n) is 9.64. The summed E-state index contributed by atoms with van der Waals surface area (Å²) in [4.78, 5) is 35.8. The lowest BCUT2D eigenvalue weighted by Crippen LogP contribution is -2.43. The predicted molar refractivity (Wildman–Crippen MR) is 107 cm³/mol. The SMILES string of the molecule is CC(=O)c1cccc(S(=O)(=O)N2CCC(C(=O)O[C@@H](C)C(=O)NC(C)C)CC2)c1. The first kappa shape index (κ1) is 23.0. The van der Waals surface area contributed by atoms with E-state index in [0.29, 0.717) is 18.4 Å². The first-order valence-corrected chi connectivity index (χ1v) is 11.1. The quantitative estimate of drug-likeness (QED) is 0.527. The van der Waals surface area contributed by atoms with Gasteiger partial charge in [-0.25, -0.2) is 8.42 Å². The zero-order valence-electron chi connectivity index (χ0n) is 17.2. The van der Waals surface area contributed by atoms with Gasteiger partial charge in [-0.05, 0) is 52.7 Å². The van der Waals surface area contributed by atoms with Crippen LogP contribution in [0.25, 0.3) is 0 Å². The molecule has 1 atom stereocenters. The molecule has 0 spiro atoms. The molecule has 1 fully saturated rings. The number of carbonyl (C=O) groups excluding carboxylic acids is 3. The summed E-state index contributed by atoms with van der Waals surface area (Å²) in [5, 5.41) is 2.68. The van der Waals surface area contributed by atoms with Crippen LogP contribution in [0.15, 0.2) is 29.2 Å². The zero-order chi connectivity index (χ0) is 21.8. The minimum absolute atomic E-state index is 0.0569. The molecule has 0 unspecified atom stereocenters. The van der Waals surface area contributed by atoms with Gasteiger partial charge in [-0.3, -0.25) is 14.4 Å². The first-order chi connectivity index (χ1) is 13.5. The average molecular weight is 425 g/mol. The van der Waals surface area contributed by atoms with E-state index in [1.54, 1.807) is 6.07 Å². The highest BCUT2D eigenvalue weighted by molar-refractivity contribution is 7.89. The topological polar surface area (TPSA) is 110 Å². The van der Waals surface area contributed by atoms with Crippen LogP contribution in [0.5, 0.6) is 0 Å². The Hall–Kier alpha value is -2.26. The maximum atomic E-state index is 12.9. The number of ether oxygens (including phenoxy) is 1. The van der Waals surface area contributed by atoms with Gasteiger partial charge in [0.05, 0.1) is 10.8 Å². The maximum absolute atomic E-state index is 12.9. The molecule has 1 aliphatic rings. The van der Waals surface area contributed by atoms with E-state index in [0.717, 1.165) is 0 Å². The van der Waals surface area contributed by atoms with Crippen molar-refractivity contribution >= 4 is 27.7 Å². The fourth-order valence-electron chi connectivity index (χ4n) is 3.08. The summed E-state index contributed by atoms with van der Waals surface area (Å²) in [6.45, 7) is 6.85. The van der Waals surface area contributed by atoms with Gasteiger partial charge in [-0.2, -0.15) is 4.31 Å². The number of amides is 1. The van der Waals surface area contributed by atoms with Crippen LogP contribution in [-0.4, -0.2) is 55.6 Å². The van der Waals surface area contributed by atoms with Crippen LogP contribution in [0.1, 0.15) is 50.9 Å². The van der Waals surface area contributed by atoms with Gasteiger partial charge in [0.25, 0.3) is 5.91 Å². The lowest BCUT2D eigenvalue weighted by molar-refractivity contribution is -0.160. The van der Waals surface area contributed by atoms with Crippen molar-refractivity contribution < 1.29 is 27.5 Å². The molecular weight excluding hydrogens is 396 g/mol. The van der Waals surface area contributed by atoms with Crippen LogP contribution in [0, 0.1) is 5.92 Å². The zero-order valence-corrected chi connectivity index (χ0v) is 18.0. The van der Waals surface area contributed by atoms with Gasteiger partial charge in [-0.15, -0.1) is 0 Å². The molecule has 1 aromatic rings. The minimum Gasteiger partial charge on any atom is -0.452 e. The van der Waals surface area contributed by atoms with E-state index in [2.05, 4.69) is 5.32 Å². The number of nitrogens with one attached hydrogen (secondary N) is 1. The van der Waals surface area contributed by atoms with Gasteiger partial charge in [0.1, 0.15) is 0 Å². The molecule has 8 nitrogen and oxygen atoms in total. The number of Topliss-reactive ketones (excluding diaryl/α,β-unsaturated/α-hetero) is 1. The van der Waals surface area contributed by atoms with Crippen molar-refractivity contribution in [1.82, 2.24) is 9.62 Å². The molecule has 1 saturated heterocycles. The molecule has 9 heteroatoms. The molecular formula is C20H28N2O6S. The van der Waals surface area contributed by atoms with Crippen molar-refractivity contribution in [2.75, 3.05) is 13.1 Å². The average Bonchev–Trinajstić information content (AvgIpc) is 2.67. The number of ketones is 1. The van der Waals surface area contributed by atoms with Gasteiger partial charge < -0.3 is 10.1 Å². The van der Waals surface area contributed by atoms with Crippen molar-refractivity contribution in [1.29, 1.82) is 0 Å².